The average Bonchev–Trinajstić information content (AvgIpc) is 2.41. The van der Waals surface area contributed by atoms with Gasteiger partial charge in [-0.3, -0.25) is 0 Å². The molecule has 6 heteroatoms. The van der Waals surface area contributed by atoms with Crippen LogP contribution in [0.2, 0.25) is 0 Å². The monoisotopic (exact) mass is 277 g/mol. The van der Waals surface area contributed by atoms with Crippen LogP contribution in [0, 0.1) is 6.92 Å². The lowest BCUT2D eigenvalue weighted by Crippen LogP contribution is -2.47. The number of benzene rings is 1. The minimum atomic E-state index is -3.75. The van der Waals surface area contributed by atoms with Crippen molar-refractivity contribution in [1.82, 2.24) is 4.98 Å². The Labute approximate surface area is 112 Å². The van der Waals surface area contributed by atoms with Crippen molar-refractivity contribution in [3.8, 4) is 0 Å². The highest BCUT2D eigenvalue weighted by molar-refractivity contribution is 7.94. The number of rotatable bonds is 4. The first-order chi connectivity index (χ1) is 9.03. The van der Waals surface area contributed by atoms with Gasteiger partial charge in [0.25, 0.3) is 0 Å². The van der Waals surface area contributed by atoms with Gasteiger partial charge in [0.15, 0.2) is 0 Å². The van der Waals surface area contributed by atoms with Crippen LogP contribution in [0.4, 0.5) is 5.82 Å². The molecule has 1 aromatic heterocycles. The van der Waals surface area contributed by atoms with Crippen molar-refractivity contribution in [1.29, 1.82) is 0 Å². The van der Waals surface area contributed by atoms with Gasteiger partial charge in [0, 0.05) is 5.56 Å². The van der Waals surface area contributed by atoms with Gasteiger partial charge in [0.2, 0.25) is 10.0 Å². The zero-order valence-corrected chi connectivity index (χ0v) is 11.4. The largest absolute Gasteiger partial charge is 0.442 e. The molecule has 0 aliphatic rings. The molecule has 0 amide bonds. The fourth-order valence-electron chi connectivity index (χ4n) is 1.65. The first kappa shape index (κ1) is 13.5. The van der Waals surface area contributed by atoms with Gasteiger partial charge in [0.1, 0.15) is 6.54 Å². The van der Waals surface area contributed by atoms with E-state index in [1.807, 2.05) is 6.92 Å². The third kappa shape index (κ3) is 3.10. The Bertz CT molecular complexity index is 667. The Morgan fingerprint density at radius 1 is 1.21 bits per heavy atom. The van der Waals surface area contributed by atoms with E-state index in [1.165, 1.54) is 6.07 Å². The van der Waals surface area contributed by atoms with Gasteiger partial charge in [-0.15, -0.1) is 0 Å². The summed E-state index contributed by atoms with van der Waals surface area (Å²) < 4.78 is 28.2. The molecule has 100 valence electrons. The second-order valence-corrected chi connectivity index (χ2v) is 5.69. The maximum atomic E-state index is 12.2. The molecule has 0 atom stereocenters. The molecule has 0 aliphatic heterocycles. The molecule has 0 spiro atoms. The molecule has 0 aliphatic carbocycles. The fourth-order valence-corrected chi connectivity index (χ4v) is 2.85. The van der Waals surface area contributed by atoms with Gasteiger partial charge in [-0.05, 0) is 18.8 Å². The Morgan fingerprint density at radius 3 is 2.58 bits per heavy atom. The van der Waals surface area contributed by atoms with Crippen molar-refractivity contribution >= 4 is 15.8 Å². The van der Waals surface area contributed by atoms with Gasteiger partial charge in [0.05, 0.1) is 4.90 Å². The molecule has 0 radical (unpaired) electrons. The molecule has 0 fully saturated rings. The number of aromatic nitrogens is 1. The Morgan fingerprint density at radius 2 is 1.95 bits per heavy atom. The van der Waals surface area contributed by atoms with Gasteiger partial charge >= 0.3 is 0 Å². The maximum absolute atomic E-state index is 12.2. The van der Waals surface area contributed by atoms with Crippen LogP contribution in [0.3, 0.4) is 0 Å². The molecular formula is C13H15N3O2S. The number of hydrogen-bond donors (Lipinski definition) is 1. The minimum absolute atomic E-state index is 0.185. The Kier molecular flexibility index (Phi) is 3.82. The molecular weight excluding hydrogens is 262 g/mol. The summed E-state index contributed by atoms with van der Waals surface area (Å²) in [7, 11) is -3.75. The smallest absolute Gasteiger partial charge is 0.202 e. The summed E-state index contributed by atoms with van der Waals surface area (Å²) in [4.78, 5) is 4.17. The maximum Gasteiger partial charge on any atom is 0.202 e. The lowest BCUT2D eigenvalue weighted by atomic mass is 10.2. The van der Waals surface area contributed by atoms with Gasteiger partial charge in [-0.1, -0.05) is 42.1 Å². The summed E-state index contributed by atoms with van der Waals surface area (Å²) in [5.74, 6) is 0.185. The highest BCUT2D eigenvalue weighted by atomic mass is 32.2. The zero-order valence-electron chi connectivity index (χ0n) is 10.6. The Balaban J connectivity index is 2.35. The number of aryl methyl sites for hydroxylation is 1. The van der Waals surface area contributed by atoms with Crippen molar-refractivity contribution in [3.63, 3.8) is 0 Å². The highest BCUT2D eigenvalue weighted by Crippen LogP contribution is 2.27. The lowest BCUT2D eigenvalue weighted by molar-refractivity contribution is -0.387. The highest BCUT2D eigenvalue weighted by Gasteiger charge is 2.14. The fraction of sp³-hybridized carbons (Fsp3) is 0.154. The van der Waals surface area contributed by atoms with Crippen molar-refractivity contribution in [2.45, 2.75) is 18.4 Å². The quantitative estimate of drug-likeness (QED) is 0.919. The van der Waals surface area contributed by atoms with Crippen LogP contribution in [0.15, 0.2) is 47.5 Å². The molecule has 0 unspecified atom stereocenters. The molecule has 3 N–H and O–H groups in total. The van der Waals surface area contributed by atoms with Crippen LogP contribution in [0.5, 0.6) is 0 Å². The summed E-state index contributed by atoms with van der Waals surface area (Å²) in [5, 5.41) is 0. The molecule has 0 saturated heterocycles. The van der Waals surface area contributed by atoms with E-state index in [1.54, 1.807) is 36.5 Å². The van der Waals surface area contributed by atoms with Gasteiger partial charge < -0.3 is 15.4 Å². The number of pyridine rings is 1. The topological polar surface area (TPSA) is 88.8 Å². The molecule has 2 aromatic rings. The summed E-state index contributed by atoms with van der Waals surface area (Å²) >= 11 is 0. The van der Waals surface area contributed by atoms with Crippen molar-refractivity contribution < 1.29 is 14.2 Å². The summed E-state index contributed by atoms with van der Waals surface area (Å²) in [6, 6.07) is 10.1. The first-order valence-corrected chi connectivity index (χ1v) is 7.25. The van der Waals surface area contributed by atoms with Crippen molar-refractivity contribution in [2.75, 3.05) is 0 Å². The van der Waals surface area contributed by atoms with Crippen LogP contribution in [0.1, 0.15) is 11.1 Å². The molecule has 1 aromatic carbocycles. The van der Waals surface area contributed by atoms with Crippen molar-refractivity contribution in [2.24, 2.45) is 0 Å². The van der Waals surface area contributed by atoms with E-state index in [2.05, 4.69) is 15.4 Å². The molecule has 2 rings (SSSR count). The molecule has 0 bridgehead atoms. The van der Waals surface area contributed by atoms with Crippen LogP contribution in [-0.2, 0) is 16.6 Å². The third-order valence-corrected chi connectivity index (χ3v) is 4.01. The second kappa shape index (κ2) is 5.38. The third-order valence-electron chi connectivity index (χ3n) is 2.63. The van der Waals surface area contributed by atoms with Gasteiger partial charge in [-0.25, -0.2) is 8.42 Å². The van der Waals surface area contributed by atoms with Crippen LogP contribution >= 0.6 is 0 Å². The Hall–Kier alpha value is -1.92. The van der Waals surface area contributed by atoms with E-state index in [0.717, 1.165) is 5.56 Å². The predicted octanol–water partition coefficient (Wildman–Crippen LogP) is 1.53. The summed E-state index contributed by atoms with van der Waals surface area (Å²) in [6.07, 6.45) is 1.58. The molecule has 19 heavy (non-hydrogen) atoms. The average molecular weight is 277 g/mol. The summed E-state index contributed by atoms with van der Waals surface area (Å²) in [6.45, 7) is 2.27. The number of nitrogens with zero attached hydrogens (tertiary/aromatic N) is 2. The lowest BCUT2D eigenvalue weighted by Gasteiger charge is -2.16. The number of sulfonamides is 1. The molecule has 1 heterocycles. The zero-order chi connectivity index (χ0) is 13.9. The van der Waals surface area contributed by atoms with Crippen molar-refractivity contribution in [3.05, 3.63) is 58.4 Å². The predicted molar refractivity (Wildman–Crippen MR) is 72.2 cm³/mol. The number of quaternary nitrogens is 1. The summed E-state index contributed by atoms with van der Waals surface area (Å²) in [5.41, 5.74) is 5.33. The van der Waals surface area contributed by atoms with Crippen LogP contribution in [0.25, 0.3) is 4.72 Å². The van der Waals surface area contributed by atoms with E-state index >= 15 is 0 Å². The molecule has 0 saturated carbocycles. The first-order valence-electron chi connectivity index (χ1n) is 5.81. The van der Waals surface area contributed by atoms with E-state index in [0.29, 0.717) is 12.1 Å². The van der Waals surface area contributed by atoms with Crippen LogP contribution < -0.4 is 5.73 Å². The minimum Gasteiger partial charge on any atom is -0.442 e. The normalized spacial score (nSPS) is 11.3. The molecule has 5 nitrogen and oxygen atoms in total. The second-order valence-electron chi connectivity index (χ2n) is 4.12. The van der Waals surface area contributed by atoms with Crippen LogP contribution in [-0.4, -0.2) is 13.4 Å². The van der Waals surface area contributed by atoms with E-state index in [4.69, 9.17) is 0 Å². The van der Waals surface area contributed by atoms with E-state index in [9.17, 15) is 8.42 Å². The standard InChI is InChI=1S/C13H14N3O2S/c1-10-6-7-13(15-9-10)16-19(17,18)12-5-3-2-4-11(12)8-14/h2-7,9H,8,14H2,1H3/q-1/p+1. The SMILES string of the molecule is Cc1ccc([N-]S(=O)(=O)c2ccccc2C[NH3+])nc1. The van der Waals surface area contributed by atoms with E-state index < -0.39 is 10.0 Å². The van der Waals surface area contributed by atoms with Gasteiger partial charge in [-0.2, -0.15) is 0 Å². The van der Waals surface area contributed by atoms with E-state index in [-0.39, 0.29) is 10.7 Å². The number of hydrogen-bond acceptors (Lipinski definition) is 3.